The van der Waals surface area contributed by atoms with E-state index in [1.807, 2.05) is 0 Å². The van der Waals surface area contributed by atoms with Crippen LogP contribution in [0.3, 0.4) is 0 Å². The van der Waals surface area contributed by atoms with Crippen LogP contribution in [0.5, 0.6) is 0 Å². The van der Waals surface area contributed by atoms with Crippen LogP contribution in [-0.2, 0) is 22.5 Å². The minimum atomic E-state index is -4.30. The smallest absolute Gasteiger partial charge is 0.384 e. The topological polar surface area (TPSA) is 105 Å². The summed E-state index contributed by atoms with van der Waals surface area (Å²) >= 11 is 0. The van der Waals surface area contributed by atoms with Crippen LogP contribution in [0.1, 0.15) is 77.2 Å². The fourth-order valence-corrected chi connectivity index (χ4v) is 4.65. The summed E-state index contributed by atoms with van der Waals surface area (Å²) in [4.78, 5) is 19.1. The fraction of sp³-hybridized carbons (Fsp3) is 0.552. The molecule has 0 aliphatic heterocycles. The van der Waals surface area contributed by atoms with Gasteiger partial charge in [-0.1, -0.05) is 23.7 Å². The van der Waals surface area contributed by atoms with Crippen molar-refractivity contribution >= 4 is 11.6 Å². The Kier molecular flexibility index (Phi) is 8.81. The third kappa shape index (κ3) is 7.66. The number of aliphatic hydroxyl groups is 1. The summed E-state index contributed by atoms with van der Waals surface area (Å²) in [5, 5.41) is 22.3. The highest BCUT2D eigenvalue weighted by Gasteiger charge is 2.50. The zero-order valence-corrected chi connectivity index (χ0v) is 23.6. The molecule has 4 rings (SSSR count). The number of aromatic nitrogens is 4. The van der Waals surface area contributed by atoms with Gasteiger partial charge in [-0.25, -0.2) is 4.39 Å². The first-order valence-electron chi connectivity index (χ1n) is 13.7. The molecular weight excluding hydrogens is 542 g/mol. The third-order valence-corrected chi connectivity index (χ3v) is 7.22. The zero-order valence-electron chi connectivity index (χ0n) is 23.6. The number of aryl methyl sites for hydroxylation is 1. The number of carbonyl (C=O) groups excluding carboxylic acids is 1. The van der Waals surface area contributed by atoms with Gasteiger partial charge < -0.3 is 14.5 Å². The molecule has 12 heteroatoms. The molecule has 0 atom stereocenters. The Balaban J connectivity index is 1.45. The van der Waals surface area contributed by atoms with Crippen molar-refractivity contribution in [2.75, 3.05) is 11.4 Å². The largest absolute Gasteiger partial charge is 0.391 e. The van der Waals surface area contributed by atoms with Crippen LogP contribution in [0.15, 0.2) is 40.9 Å². The van der Waals surface area contributed by atoms with Crippen molar-refractivity contribution in [3.05, 3.63) is 53.8 Å². The second kappa shape index (κ2) is 11.8. The molecule has 2 heterocycles. The number of hydrogen-bond acceptors (Lipinski definition) is 7. The number of halogens is 4. The molecule has 1 aliphatic rings. The highest BCUT2D eigenvalue weighted by molar-refractivity contribution is 5.96. The van der Waals surface area contributed by atoms with Crippen molar-refractivity contribution in [2.24, 2.45) is 11.8 Å². The maximum absolute atomic E-state index is 14.0. The molecule has 0 unspecified atom stereocenters. The molecular formula is C29H35F4N5O3. The first-order chi connectivity index (χ1) is 19.1. The Hall–Kier alpha value is -3.41. The summed E-state index contributed by atoms with van der Waals surface area (Å²) in [6.07, 6.45) is -2.32. The van der Waals surface area contributed by atoms with Crippen molar-refractivity contribution in [1.82, 2.24) is 20.3 Å². The maximum atomic E-state index is 14.0. The van der Waals surface area contributed by atoms with Crippen LogP contribution in [0.25, 0.3) is 11.3 Å². The number of unbranched alkanes of at least 4 members (excludes halogenated alkanes) is 2. The van der Waals surface area contributed by atoms with Gasteiger partial charge in [0.15, 0.2) is 11.5 Å². The molecule has 222 valence electrons. The van der Waals surface area contributed by atoms with Crippen LogP contribution >= 0.6 is 0 Å². The number of rotatable bonds is 11. The summed E-state index contributed by atoms with van der Waals surface area (Å²) < 4.78 is 58.3. The maximum Gasteiger partial charge on any atom is 0.391 e. The molecule has 0 radical (unpaired) electrons. The normalized spacial score (nSPS) is 17.8. The lowest BCUT2D eigenvalue weighted by Gasteiger charge is -2.38. The Bertz CT molecular complexity index is 1320. The first-order valence-corrected chi connectivity index (χ1v) is 13.7. The molecule has 41 heavy (non-hydrogen) atoms. The van der Waals surface area contributed by atoms with Crippen LogP contribution in [0, 0.1) is 11.8 Å². The van der Waals surface area contributed by atoms with E-state index in [-0.39, 0.29) is 24.6 Å². The van der Waals surface area contributed by atoms with Crippen molar-refractivity contribution in [3.63, 3.8) is 0 Å². The summed E-state index contributed by atoms with van der Waals surface area (Å²) in [5.41, 5.74) is -0.697. The van der Waals surface area contributed by atoms with E-state index in [1.165, 1.54) is 13.8 Å². The van der Waals surface area contributed by atoms with E-state index in [0.717, 1.165) is 0 Å². The molecule has 1 saturated carbocycles. The van der Waals surface area contributed by atoms with Crippen molar-refractivity contribution < 1.29 is 32.0 Å². The summed E-state index contributed by atoms with van der Waals surface area (Å²) in [5.74, 6) is -2.17. The fourth-order valence-electron chi connectivity index (χ4n) is 4.65. The van der Waals surface area contributed by atoms with E-state index in [0.29, 0.717) is 60.7 Å². The second-order valence-electron chi connectivity index (χ2n) is 11.6. The summed E-state index contributed by atoms with van der Waals surface area (Å²) in [7, 11) is 0. The molecule has 0 spiro atoms. The van der Waals surface area contributed by atoms with Gasteiger partial charge in [0, 0.05) is 30.1 Å². The number of benzene rings is 1. The first kappa shape index (κ1) is 30.5. The highest BCUT2D eigenvalue weighted by atomic mass is 19.4. The van der Waals surface area contributed by atoms with Crippen LogP contribution in [-0.4, -0.2) is 44.1 Å². The molecule has 1 N–H and O–H groups in total. The van der Waals surface area contributed by atoms with Gasteiger partial charge in [-0.2, -0.15) is 28.4 Å². The predicted octanol–water partition coefficient (Wildman–Crippen LogP) is 6.29. The van der Waals surface area contributed by atoms with Crippen LogP contribution in [0.2, 0.25) is 0 Å². The van der Waals surface area contributed by atoms with Gasteiger partial charge in [-0.15, -0.1) is 0 Å². The molecule has 0 bridgehead atoms. The van der Waals surface area contributed by atoms with Gasteiger partial charge >= 0.3 is 6.18 Å². The number of nitrogens with zero attached hydrogens (tertiary/aromatic N) is 5. The number of hydrogen-bond donors (Lipinski definition) is 1. The van der Waals surface area contributed by atoms with E-state index in [4.69, 9.17) is 4.52 Å². The predicted molar refractivity (Wildman–Crippen MR) is 143 cm³/mol. The lowest BCUT2D eigenvalue weighted by molar-refractivity contribution is -0.204. The minimum Gasteiger partial charge on any atom is -0.384 e. The number of anilines is 1. The molecule has 1 fully saturated rings. The quantitative estimate of drug-likeness (QED) is 0.211. The lowest BCUT2D eigenvalue weighted by atomic mass is 9.73. The number of carbonyl (C=O) groups is 1. The Morgan fingerprint density at radius 1 is 1.02 bits per heavy atom. The SMILES string of the molecule is CC(C)(O)c1ccc(-c2cccc(N(CCCCCc3noc(C(C)(C)F)n3)C(=O)C3CC(C(F)(F)F)C3)c2)nn1. The molecule has 3 aromatic rings. The Labute approximate surface area is 236 Å². The lowest BCUT2D eigenvalue weighted by Crippen LogP contribution is -2.46. The van der Waals surface area contributed by atoms with Crippen molar-refractivity contribution in [2.45, 2.75) is 83.7 Å². The van der Waals surface area contributed by atoms with Gasteiger partial charge in [0.2, 0.25) is 5.91 Å². The molecule has 8 nitrogen and oxygen atoms in total. The molecule has 1 aliphatic carbocycles. The number of amides is 1. The Morgan fingerprint density at radius 3 is 2.34 bits per heavy atom. The summed E-state index contributed by atoms with van der Waals surface area (Å²) in [6, 6.07) is 10.5. The highest BCUT2D eigenvalue weighted by Crippen LogP contribution is 2.46. The molecule has 2 aromatic heterocycles. The van der Waals surface area contributed by atoms with E-state index < -0.39 is 29.3 Å². The molecule has 1 aromatic carbocycles. The van der Waals surface area contributed by atoms with E-state index in [1.54, 1.807) is 55.1 Å². The van der Waals surface area contributed by atoms with Gasteiger partial charge in [0.1, 0.15) is 5.60 Å². The average molecular weight is 578 g/mol. The van der Waals surface area contributed by atoms with Gasteiger partial charge in [-0.3, -0.25) is 4.79 Å². The average Bonchev–Trinajstić information content (AvgIpc) is 3.34. The van der Waals surface area contributed by atoms with Crippen molar-refractivity contribution in [3.8, 4) is 11.3 Å². The summed E-state index contributed by atoms with van der Waals surface area (Å²) in [6.45, 7) is 6.19. The van der Waals surface area contributed by atoms with E-state index in [2.05, 4.69) is 20.3 Å². The van der Waals surface area contributed by atoms with Gasteiger partial charge in [0.05, 0.1) is 17.3 Å². The zero-order chi connectivity index (χ0) is 30.0. The second-order valence-corrected chi connectivity index (χ2v) is 11.6. The third-order valence-electron chi connectivity index (χ3n) is 7.22. The minimum absolute atomic E-state index is 0.0822. The van der Waals surface area contributed by atoms with E-state index >= 15 is 0 Å². The molecule has 1 amide bonds. The van der Waals surface area contributed by atoms with Crippen molar-refractivity contribution in [1.29, 1.82) is 0 Å². The standard InChI is InChI=1S/C29H35F4N5O3/c1-27(2,30)26-34-24(37-41-26)11-6-5-7-14-38(25(39)19-15-20(16-19)29(31,32)33)21-10-8-9-18(17-21)22-12-13-23(36-35-22)28(3,4)40/h8-10,12-13,17,19-20,40H,5-7,11,14-16H2,1-4H3. The van der Waals surface area contributed by atoms with Gasteiger partial charge in [0.25, 0.3) is 5.89 Å². The Morgan fingerprint density at radius 2 is 1.76 bits per heavy atom. The molecule has 0 saturated heterocycles. The van der Waals surface area contributed by atoms with Crippen LogP contribution in [0.4, 0.5) is 23.2 Å². The van der Waals surface area contributed by atoms with Gasteiger partial charge in [-0.05, 0) is 77.6 Å². The van der Waals surface area contributed by atoms with Crippen LogP contribution < -0.4 is 4.90 Å². The van der Waals surface area contributed by atoms with E-state index in [9.17, 15) is 27.5 Å². The monoisotopic (exact) mass is 577 g/mol. The number of alkyl halides is 4.